The zero-order valence-corrected chi connectivity index (χ0v) is 11.0. The molecule has 0 spiro atoms. The van der Waals surface area contributed by atoms with E-state index in [2.05, 4.69) is 20.9 Å². The van der Waals surface area contributed by atoms with E-state index in [-0.39, 0.29) is 12.4 Å². The van der Waals surface area contributed by atoms with Gasteiger partial charge in [-0.2, -0.15) is 0 Å². The number of ether oxygens (including phenoxy) is 1. The summed E-state index contributed by atoms with van der Waals surface area (Å²) in [6.07, 6.45) is 2.60. The molecule has 1 unspecified atom stereocenters. The van der Waals surface area contributed by atoms with Crippen LogP contribution in [0.4, 0.5) is 0 Å². The fraction of sp³-hybridized carbons (Fsp3) is 0.417. The first-order chi connectivity index (χ1) is 8.09. The Morgan fingerprint density at radius 1 is 1.65 bits per heavy atom. The Bertz CT molecular complexity index is 475. The van der Waals surface area contributed by atoms with E-state index in [0.29, 0.717) is 18.5 Å². The quantitative estimate of drug-likeness (QED) is 0.475. The van der Waals surface area contributed by atoms with Gasteiger partial charge in [0.25, 0.3) is 0 Å². The molecule has 0 bridgehead atoms. The van der Waals surface area contributed by atoms with Crippen LogP contribution in [-0.4, -0.2) is 27.7 Å². The second kappa shape index (κ2) is 4.56. The molecule has 0 aromatic carbocycles. The molecule has 1 aliphatic carbocycles. The maximum atomic E-state index is 12.2. The predicted molar refractivity (Wildman–Crippen MR) is 65.2 cm³/mol. The number of nitrogens with zero attached hydrogens (tertiary/aromatic N) is 1. The molecule has 1 aliphatic rings. The third-order valence-corrected chi connectivity index (χ3v) is 3.88. The molecule has 0 aliphatic heterocycles. The molecular weight excluding hydrogens is 286 g/mol. The summed E-state index contributed by atoms with van der Waals surface area (Å²) in [5.41, 5.74) is 1.25. The third kappa shape index (κ3) is 1.99. The van der Waals surface area contributed by atoms with Crippen LogP contribution in [0.2, 0.25) is 0 Å². The highest BCUT2D eigenvalue weighted by molar-refractivity contribution is 9.10. The number of alkyl halides is 1. The van der Waals surface area contributed by atoms with E-state index in [1.807, 2.05) is 6.07 Å². The molecule has 2 rings (SSSR count). The van der Waals surface area contributed by atoms with Gasteiger partial charge in [-0.3, -0.25) is 14.6 Å². The molecule has 1 heterocycles. The predicted octanol–water partition coefficient (Wildman–Crippen LogP) is 1.91. The summed E-state index contributed by atoms with van der Waals surface area (Å²) in [4.78, 5) is 28.1. The average molecular weight is 298 g/mol. The number of carbonyl (C=O) groups excluding carboxylic acids is 2. The summed E-state index contributed by atoms with van der Waals surface area (Å²) in [6, 6.07) is 3.65. The number of aryl methyl sites for hydroxylation is 1. The van der Waals surface area contributed by atoms with Crippen molar-refractivity contribution < 1.29 is 14.3 Å². The number of esters is 1. The average Bonchev–Trinajstić information content (AvgIpc) is 2.35. The maximum absolute atomic E-state index is 12.2. The van der Waals surface area contributed by atoms with Crippen molar-refractivity contribution in [1.82, 2.24) is 4.98 Å². The normalized spacial score (nSPS) is 23.1. The number of Topliss-reactive ketones (excluding diaryl/α,β-unsaturated/α-hetero) is 1. The second-order valence-electron chi connectivity index (χ2n) is 3.86. The van der Waals surface area contributed by atoms with Crippen molar-refractivity contribution in [1.29, 1.82) is 0 Å². The van der Waals surface area contributed by atoms with Crippen LogP contribution in [0.3, 0.4) is 0 Å². The molecule has 0 radical (unpaired) electrons. The summed E-state index contributed by atoms with van der Waals surface area (Å²) in [5, 5.41) is 0. The van der Waals surface area contributed by atoms with Gasteiger partial charge < -0.3 is 4.74 Å². The van der Waals surface area contributed by atoms with Gasteiger partial charge in [-0.1, -0.05) is 22.0 Å². The van der Waals surface area contributed by atoms with Crippen LogP contribution >= 0.6 is 15.9 Å². The molecule has 0 saturated carbocycles. The van der Waals surface area contributed by atoms with Crippen LogP contribution in [0, 0.1) is 0 Å². The number of pyridine rings is 1. The lowest BCUT2D eigenvalue weighted by Crippen LogP contribution is -2.45. The van der Waals surface area contributed by atoms with Crippen molar-refractivity contribution in [2.24, 2.45) is 0 Å². The Morgan fingerprint density at radius 3 is 3.12 bits per heavy atom. The lowest BCUT2D eigenvalue weighted by Gasteiger charge is -2.28. The molecule has 1 aromatic heterocycles. The minimum atomic E-state index is -1.26. The fourth-order valence-corrected chi connectivity index (χ4v) is 2.39. The van der Waals surface area contributed by atoms with E-state index < -0.39 is 10.3 Å². The maximum Gasteiger partial charge on any atom is 0.331 e. The highest BCUT2D eigenvalue weighted by Crippen LogP contribution is 2.35. The van der Waals surface area contributed by atoms with Gasteiger partial charge in [0.2, 0.25) is 5.78 Å². The SMILES string of the molecule is CCOC(=O)C1(Br)CCc2cccnc2C1=O. The van der Waals surface area contributed by atoms with Crippen molar-refractivity contribution in [2.45, 2.75) is 24.1 Å². The number of halogens is 1. The van der Waals surface area contributed by atoms with Crippen LogP contribution in [-0.2, 0) is 16.0 Å². The summed E-state index contributed by atoms with van der Waals surface area (Å²) >= 11 is 3.23. The highest BCUT2D eigenvalue weighted by Gasteiger charge is 2.48. The molecule has 0 fully saturated rings. The first-order valence-electron chi connectivity index (χ1n) is 5.44. The Morgan fingerprint density at radius 2 is 2.41 bits per heavy atom. The van der Waals surface area contributed by atoms with E-state index >= 15 is 0 Å². The third-order valence-electron chi connectivity index (χ3n) is 2.80. The topological polar surface area (TPSA) is 56.3 Å². The first-order valence-corrected chi connectivity index (χ1v) is 6.23. The van der Waals surface area contributed by atoms with Gasteiger partial charge in [-0.05, 0) is 31.4 Å². The molecule has 0 amide bonds. The Kier molecular flexibility index (Phi) is 3.28. The number of aromatic nitrogens is 1. The molecule has 4 nitrogen and oxygen atoms in total. The van der Waals surface area contributed by atoms with Gasteiger partial charge in [0.05, 0.1) is 6.61 Å². The van der Waals surface area contributed by atoms with E-state index in [1.54, 1.807) is 19.2 Å². The van der Waals surface area contributed by atoms with Gasteiger partial charge >= 0.3 is 5.97 Å². The van der Waals surface area contributed by atoms with E-state index in [9.17, 15) is 9.59 Å². The molecule has 90 valence electrons. The lowest BCUT2D eigenvalue weighted by molar-refractivity contribution is -0.144. The zero-order valence-electron chi connectivity index (χ0n) is 9.40. The number of hydrogen-bond acceptors (Lipinski definition) is 4. The number of hydrogen-bond donors (Lipinski definition) is 0. The second-order valence-corrected chi connectivity index (χ2v) is 5.22. The van der Waals surface area contributed by atoms with Gasteiger partial charge in [0.1, 0.15) is 5.69 Å². The Hall–Kier alpha value is -1.23. The monoisotopic (exact) mass is 297 g/mol. The molecule has 1 aromatic rings. The molecule has 0 saturated heterocycles. The fourth-order valence-electron chi connectivity index (χ4n) is 1.89. The first kappa shape index (κ1) is 12.2. The molecule has 1 atom stereocenters. The summed E-state index contributed by atoms with van der Waals surface area (Å²) in [6.45, 7) is 1.97. The van der Waals surface area contributed by atoms with Gasteiger partial charge in [0.15, 0.2) is 4.32 Å². The van der Waals surface area contributed by atoms with Crippen molar-refractivity contribution in [3.8, 4) is 0 Å². The van der Waals surface area contributed by atoms with Gasteiger partial charge in [-0.15, -0.1) is 0 Å². The lowest BCUT2D eigenvalue weighted by atomic mass is 9.85. The molecule has 0 N–H and O–H groups in total. The zero-order chi connectivity index (χ0) is 12.5. The van der Waals surface area contributed by atoms with Gasteiger partial charge in [-0.25, -0.2) is 0 Å². The minimum absolute atomic E-state index is 0.258. The summed E-state index contributed by atoms with van der Waals surface area (Å²) in [7, 11) is 0. The van der Waals surface area contributed by atoms with Gasteiger partial charge in [0, 0.05) is 6.20 Å². The van der Waals surface area contributed by atoms with Crippen LogP contribution in [0.1, 0.15) is 29.4 Å². The molecule has 5 heteroatoms. The summed E-state index contributed by atoms with van der Waals surface area (Å²) < 4.78 is 3.68. The molecule has 17 heavy (non-hydrogen) atoms. The highest BCUT2D eigenvalue weighted by atomic mass is 79.9. The van der Waals surface area contributed by atoms with E-state index in [0.717, 1.165) is 5.56 Å². The standard InChI is InChI=1S/C12H12BrNO3/c1-2-17-11(16)12(13)6-5-8-4-3-7-14-9(8)10(12)15/h3-4,7H,2,5-6H2,1H3. The summed E-state index contributed by atoms with van der Waals surface area (Å²) in [5.74, 6) is -0.834. The van der Waals surface area contributed by atoms with Crippen molar-refractivity contribution in [2.75, 3.05) is 6.61 Å². The van der Waals surface area contributed by atoms with Crippen molar-refractivity contribution in [3.05, 3.63) is 29.6 Å². The van der Waals surface area contributed by atoms with Crippen molar-refractivity contribution >= 4 is 27.7 Å². The number of fused-ring (bicyclic) bond motifs is 1. The molecular formula is C12H12BrNO3. The Labute approximate surface area is 108 Å². The number of rotatable bonds is 2. The number of carbonyl (C=O) groups is 2. The smallest absolute Gasteiger partial charge is 0.331 e. The van der Waals surface area contributed by atoms with Crippen LogP contribution in [0.5, 0.6) is 0 Å². The van der Waals surface area contributed by atoms with E-state index in [4.69, 9.17) is 4.74 Å². The van der Waals surface area contributed by atoms with Crippen LogP contribution < -0.4 is 0 Å². The largest absolute Gasteiger partial charge is 0.465 e. The van der Waals surface area contributed by atoms with E-state index in [1.165, 1.54) is 0 Å². The van der Waals surface area contributed by atoms with Crippen LogP contribution in [0.15, 0.2) is 18.3 Å². The van der Waals surface area contributed by atoms with Crippen molar-refractivity contribution in [3.63, 3.8) is 0 Å². The van der Waals surface area contributed by atoms with Crippen LogP contribution in [0.25, 0.3) is 0 Å². The number of ketones is 1. The Balaban J connectivity index is 2.37. The minimum Gasteiger partial charge on any atom is -0.465 e.